The first kappa shape index (κ1) is 15.3. The second-order valence-electron chi connectivity index (χ2n) is 5.16. The monoisotopic (exact) mass is 333 g/mol. The van der Waals surface area contributed by atoms with Crippen molar-refractivity contribution >= 4 is 27.3 Å². The number of aromatic nitrogens is 1. The molecule has 120 valence electrons. The van der Waals surface area contributed by atoms with Gasteiger partial charge < -0.3 is 9.64 Å². The predicted molar refractivity (Wildman–Crippen MR) is 85.1 cm³/mol. The molecule has 8 heteroatoms. The minimum absolute atomic E-state index is 0.0514. The van der Waals surface area contributed by atoms with E-state index in [9.17, 15) is 13.2 Å². The average Bonchev–Trinajstić information content (AvgIpc) is 2.50. The molecule has 0 unspecified atom stereocenters. The van der Waals surface area contributed by atoms with Crippen molar-refractivity contribution in [3.8, 4) is 5.75 Å². The SMILES string of the molecule is Cc1cc(NS(=O)(=O)c2ccc3c(c2)N(C)C(=O)CO3)ccn1. The van der Waals surface area contributed by atoms with Crippen LogP contribution in [0.25, 0.3) is 0 Å². The molecule has 0 bridgehead atoms. The van der Waals surface area contributed by atoms with Gasteiger partial charge in [0.1, 0.15) is 5.75 Å². The summed E-state index contributed by atoms with van der Waals surface area (Å²) in [6.07, 6.45) is 1.53. The number of sulfonamides is 1. The van der Waals surface area contributed by atoms with Crippen molar-refractivity contribution in [3.63, 3.8) is 0 Å². The second-order valence-corrected chi connectivity index (χ2v) is 6.84. The number of hydrogen-bond donors (Lipinski definition) is 1. The molecule has 0 spiro atoms. The summed E-state index contributed by atoms with van der Waals surface area (Å²) < 4.78 is 32.8. The van der Waals surface area contributed by atoms with Crippen LogP contribution in [-0.4, -0.2) is 33.0 Å². The van der Waals surface area contributed by atoms with E-state index < -0.39 is 10.0 Å². The maximum atomic E-state index is 12.5. The highest BCUT2D eigenvalue weighted by Crippen LogP contribution is 2.33. The van der Waals surface area contributed by atoms with E-state index in [2.05, 4.69) is 9.71 Å². The van der Waals surface area contributed by atoms with E-state index in [4.69, 9.17) is 4.74 Å². The Hall–Kier alpha value is -2.61. The Morgan fingerprint density at radius 3 is 2.78 bits per heavy atom. The fourth-order valence-corrected chi connectivity index (χ4v) is 3.31. The van der Waals surface area contributed by atoms with E-state index in [1.807, 2.05) is 0 Å². The van der Waals surface area contributed by atoms with Gasteiger partial charge in [0.2, 0.25) is 0 Å². The summed E-state index contributed by atoms with van der Waals surface area (Å²) in [5.74, 6) is 0.246. The number of rotatable bonds is 3. The number of hydrogen-bond acceptors (Lipinski definition) is 5. The van der Waals surface area contributed by atoms with Crippen LogP contribution in [0.2, 0.25) is 0 Å². The van der Waals surface area contributed by atoms with E-state index in [0.717, 1.165) is 0 Å². The lowest BCUT2D eigenvalue weighted by Crippen LogP contribution is -2.35. The molecule has 1 amide bonds. The smallest absolute Gasteiger partial charge is 0.264 e. The van der Waals surface area contributed by atoms with Crippen LogP contribution in [0.4, 0.5) is 11.4 Å². The van der Waals surface area contributed by atoms with Crippen LogP contribution in [0.15, 0.2) is 41.4 Å². The molecule has 1 aliphatic heterocycles. The highest BCUT2D eigenvalue weighted by atomic mass is 32.2. The Kier molecular flexibility index (Phi) is 3.69. The number of aryl methyl sites for hydroxylation is 1. The van der Waals surface area contributed by atoms with Crippen LogP contribution < -0.4 is 14.4 Å². The molecular weight excluding hydrogens is 318 g/mol. The molecule has 3 rings (SSSR count). The van der Waals surface area contributed by atoms with Gasteiger partial charge in [-0.1, -0.05) is 0 Å². The van der Waals surface area contributed by atoms with Gasteiger partial charge in [-0.05, 0) is 37.3 Å². The summed E-state index contributed by atoms with van der Waals surface area (Å²) in [5, 5.41) is 0. The molecule has 1 aliphatic rings. The fraction of sp³-hybridized carbons (Fsp3) is 0.200. The van der Waals surface area contributed by atoms with Crippen molar-refractivity contribution in [2.45, 2.75) is 11.8 Å². The Balaban J connectivity index is 1.96. The number of ether oxygens (including phenoxy) is 1. The highest BCUT2D eigenvalue weighted by molar-refractivity contribution is 7.92. The first-order valence-electron chi connectivity index (χ1n) is 6.86. The first-order valence-corrected chi connectivity index (χ1v) is 8.34. The number of carbonyl (C=O) groups excluding carboxylic acids is 1. The third-order valence-electron chi connectivity index (χ3n) is 3.48. The minimum atomic E-state index is -3.78. The highest BCUT2D eigenvalue weighted by Gasteiger charge is 2.25. The van der Waals surface area contributed by atoms with Crippen molar-refractivity contribution in [3.05, 3.63) is 42.2 Å². The molecular formula is C15H15N3O4S. The molecule has 1 N–H and O–H groups in total. The van der Waals surface area contributed by atoms with E-state index in [-0.39, 0.29) is 17.4 Å². The van der Waals surface area contributed by atoms with Gasteiger partial charge in [-0.2, -0.15) is 0 Å². The van der Waals surface area contributed by atoms with Crippen LogP contribution in [0, 0.1) is 6.92 Å². The number of benzene rings is 1. The molecule has 1 aromatic heterocycles. The van der Waals surface area contributed by atoms with Gasteiger partial charge in [0, 0.05) is 18.9 Å². The summed E-state index contributed by atoms with van der Waals surface area (Å²) in [6, 6.07) is 7.61. The number of pyridine rings is 1. The molecule has 2 aromatic rings. The number of likely N-dealkylation sites (N-methyl/N-ethyl adjacent to an activating group) is 1. The van der Waals surface area contributed by atoms with Gasteiger partial charge in [0.25, 0.3) is 15.9 Å². The first-order chi connectivity index (χ1) is 10.9. The summed E-state index contributed by atoms with van der Waals surface area (Å²) in [7, 11) is -2.19. The maximum absolute atomic E-state index is 12.5. The second kappa shape index (κ2) is 5.54. The fourth-order valence-electron chi connectivity index (χ4n) is 2.24. The largest absolute Gasteiger partial charge is 0.482 e. The molecule has 0 saturated carbocycles. The zero-order valence-electron chi connectivity index (χ0n) is 12.6. The van der Waals surface area contributed by atoms with Crippen molar-refractivity contribution in [2.75, 3.05) is 23.3 Å². The number of amides is 1. The molecule has 2 heterocycles. The van der Waals surface area contributed by atoms with E-state index in [1.165, 1.54) is 23.2 Å². The number of carbonyl (C=O) groups is 1. The van der Waals surface area contributed by atoms with E-state index >= 15 is 0 Å². The zero-order valence-corrected chi connectivity index (χ0v) is 13.4. The molecule has 0 atom stereocenters. The van der Waals surface area contributed by atoms with E-state index in [0.29, 0.717) is 22.8 Å². The summed E-state index contributed by atoms with van der Waals surface area (Å²) >= 11 is 0. The Morgan fingerprint density at radius 1 is 1.26 bits per heavy atom. The zero-order chi connectivity index (χ0) is 16.6. The summed E-state index contributed by atoms with van der Waals surface area (Å²) in [4.78, 5) is 17.1. The van der Waals surface area contributed by atoms with Gasteiger partial charge >= 0.3 is 0 Å². The van der Waals surface area contributed by atoms with Crippen LogP contribution >= 0.6 is 0 Å². The van der Waals surface area contributed by atoms with Crippen molar-refractivity contribution in [1.29, 1.82) is 0 Å². The van der Waals surface area contributed by atoms with Gasteiger partial charge in [0.05, 0.1) is 16.3 Å². The molecule has 0 saturated heterocycles. The molecule has 0 radical (unpaired) electrons. The molecule has 0 fully saturated rings. The van der Waals surface area contributed by atoms with Crippen LogP contribution in [0.1, 0.15) is 5.69 Å². The lowest BCUT2D eigenvalue weighted by molar-refractivity contribution is -0.120. The molecule has 1 aromatic carbocycles. The Labute approximate surface area is 134 Å². The van der Waals surface area contributed by atoms with Crippen LogP contribution in [0.5, 0.6) is 5.75 Å². The van der Waals surface area contributed by atoms with Gasteiger partial charge in [-0.3, -0.25) is 14.5 Å². The lowest BCUT2D eigenvalue weighted by Gasteiger charge is -2.26. The summed E-state index contributed by atoms with van der Waals surface area (Å²) in [5.41, 5.74) is 1.56. The topological polar surface area (TPSA) is 88.6 Å². The van der Waals surface area contributed by atoms with Crippen LogP contribution in [-0.2, 0) is 14.8 Å². The van der Waals surface area contributed by atoms with Gasteiger partial charge in [0.15, 0.2) is 6.61 Å². The third kappa shape index (κ3) is 2.98. The maximum Gasteiger partial charge on any atom is 0.264 e. The number of anilines is 2. The average molecular weight is 333 g/mol. The van der Waals surface area contributed by atoms with Crippen molar-refractivity contribution in [2.24, 2.45) is 0 Å². The lowest BCUT2D eigenvalue weighted by atomic mass is 10.2. The minimum Gasteiger partial charge on any atom is -0.482 e. The Bertz CT molecular complexity index is 880. The molecule has 7 nitrogen and oxygen atoms in total. The molecule has 0 aliphatic carbocycles. The molecule has 23 heavy (non-hydrogen) atoms. The normalized spacial score (nSPS) is 14.2. The number of fused-ring (bicyclic) bond motifs is 1. The Morgan fingerprint density at radius 2 is 2.04 bits per heavy atom. The third-order valence-corrected chi connectivity index (χ3v) is 4.86. The van der Waals surface area contributed by atoms with Crippen LogP contribution in [0.3, 0.4) is 0 Å². The van der Waals surface area contributed by atoms with Crippen molar-refractivity contribution in [1.82, 2.24) is 4.98 Å². The van der Waals surface area contributed by atoms with Crippen molar-refractivity contribution < 1.29 is 17.9 Å². The number of nitrogens with one attached hydrogen (secondary N) is 1. The van der Waals surface area contributed by atoms with E-state index in [1.54, 1.807) is 32.2 Å². The summed E-state index contributed by atoms with van der Waals surface area (Å²) in [6.45, 7) is 1.72. The predicted octanol–water partition coefficient (Wildman–Crippen LogP) is 1.55. The van der Waals surface area contributed by atoms with Gasteiger partial charge in [-0.15, -0.1) is 0 Å². The number of nitrogens with zero attached hydrogens (tertiary/aromatic N) is 2. The quantitative estimate of drug-likeness (QED) is 0.920. The van der Waals surface area contributed by atoms with Gasteiger partial charge in [-0.25, -0.2) is 8.42 Å². The standard InChI is InChI=1S/C15H15N3O4S/c1-10-7-11(5-6-16-10)17-23(20,21)12-3-4-14-13(8-12)18(2)15(19)9-22-14/h3-8H,9H2,1-2H3,(H,16,17).